The van der Waals surface area contributed by atoms with E-state index < -0.39 is 0 Å². The maximum absolute atomic E-state index is 10.2. The Bertz CT molecular complexity index is 395. The summed E-state index contributed by atoms with van der Waals surface area (Å²) in [5.74, 6) is 0.268. The molecule has 1 heterocycles. The average molecular weight is 253 g/mol. The lowest BCUT2D eigenvalue weighted by atomic mass is 9.77. The van der Waals surface area contributed by atoms with Gasteiger partial charge in [0.2, 0.25) is 0 Å². The first-order valence-electron chi connectivity index (χ1n) is 6.20. The number of hydrogen-bond acceptors (Lipinski definition) is 3. The second kappa shape index (κ2) is 4.58. The number of halogens is 1. The van der Waals surface area contributed by atoms with E-state index in [1.807, 2.05) is 24.3 Å². The first kappa shape index (κ1) is 11.5. The minimum Gasteiger partial charge on any atom is -0.393 e. The van der Waals surface area contributed by atoms with Crippen molar-refractivity contribution in [2.45, 2.75) is 37.5 Å². The highest BCUT2D eigenvalue weighted by atomic mass is 35.5. The van der Waals surface area contributed by atoms with Crippen molar-refractivity contribution < 1.29 is 5.11 Å². The minimum atomic E-state index is -0.211. The maximum Gasteiger partial charge on any atom is 0.0602 e. The van der Waals surface area contributed by atoms with Crippen LogP contribution in [0.15, 0.2) is 24.3 Å². The van der Waals surface area contributed by atoms with Gasteiger partial charge >= 0.3 is 0 Å². The number of hydrazine groups is 1. The van der Waals surface area contributed by atoms with Crippen molar-refractivity contribution in [2.24, 2.45) is 5.92 Å². The molecule has 0 amide bonds. The fourth-order valence-corrected chi connectivity index (χ4v) is 3.22. The molecule has 3 N–H and O–H groups in total. The number of benzene rings is 1. The summed E-state index contributed by atoms with van der Waals surface area (Å²) in [6, 6.07) is 8.45. The third kappa shape index (κ3) is 2.08. The van der Waals surface area contributed by atoms with Crippen molar-refractivity contribution in [3.63, 3.8) is 0 Å². The molecule has 3 rings (SSSR count). The molecule has 0 spiro atoms. The van der Waals surface area contributed by atoms with Crippen LogP contribution in [-0.2, 0) is 0 Å². The molecule has 1 saturated heterocycles. The van der Waals surface area contributed by atoms with E-state index >= 15 is 0 Å². The third-order valence-corrected chi connectivity index (χ3v) is 4.21. The lowest BCUT2D eigenvalue weighted by molar-refractivity contribution is 0.0566. The summed E-state index contributed by atoms with van der Waals surface area (Å²) in [7, 11) is 0. The summed E-state index contributed by atoms with van der Waals surface area (Å²) in [6.07, 6.45) is 2.94. The van der Waals surface area contributed by atoms with Crippen LogP contribution in [-0.4, -0.2) is 17.3 Å². The van der Waals surface area contributed by atoms with Crippen LogP contribution in [0.2, 0.25) is 5.02 Å². The molecule has 0 aromatic heterocycles. The molecule has 2 aliphatic rings. The summed E-state index contributed by atoms with van der Waals surface area (Å²) in [4.78, 5) is 0. The maximum atomic E-state index is 10.2. The summed E-state index contributed by atoms with van der Waals surface area (Å²) in [5.41, 5.74) is 7.81. The summed E-state index contributed by atoms with van der Waals surface area (Å²) in [5, 5.41) is 10.9. The quantitative estimate of drug-likeness (QED) is 0.717. The Labute approximate surface area is 106 Å². The van der Waals surface area contributed by atoms with Gasteiger partial charge in [-0.25, -0.2) is 5.43 Å². The van der Waals surface area contributed by atoms with Crippen LogP contribution in [0.5, 0.6) is 0 Å². The van der Waals surface area contributed by atoms with Crippen molar-refractivity contribution in [3.05, 3.63) is 34.9 Å². The highest BCUT2D eigenvalue weighted by Crippen LogP contribution is 2.38. The normalized spacial score (nSPS) is 36.8. The van der Waals surface area contributed by atoms with E-state index in [2.05, 4.69) is 10.9 Å². The lowest BCUT2D eigenvalue weighted by Gasteiger charge is -2.32. The molecule has 1 aromatic carbocycles. The van der Waals surface area contributed by atoms with E-state index in [9.17, 15) is 5.11 Å². The largest absolute Gasteiger partial charge is 0.393 e. The fourth-order valence-electron chi connectivity index (χ4n) is 3.09. The van der Waals surface area contributed by atoms with E-state index in [0.717, 1.165) is 24.3 Å². The Kier molecular flexibility index (Phi) is 3.09. The van der Waals surface area contributed by atoms with Crippen LogP contribution < -0.4 is 10.9 Å². The van der Waals surface area contributed by atoms with Crippen LogP contribution in [0.3, 0.4) is 0 Å². The number of aliphatic hydroxyl groups is 1. The SMILES string of the molecule is OC1CCCC2NNC(c3ccc(Cl)cc3)C12. The topological polar surface area (TPSA) is 44.3 Å². The molecule has 0 bridgehead atoms. The summed E-state index contributed by atoms with van der Waals surface area (Å²) in [6.45, 7) is 0. The summed E-state index contributed by atoms with van der Waals surface area (Å²) >= 11 is 5.90. The Balaban J connectivity index is 1.86. The first-order chi connectivity index (χ1) is 8.25. The van der Waals surface area contributed by atoms with Crippen LogP contribution >= 0.6 is 11.6 Å². The molecule has 3 nitrogen and oxygen atoms in total. The molecular weight excluding hydrogens is 236 g/mol. The molecule has 92 valence electrons. The molecule has 0 radical (unpaired) electrons. The first-order valence-corrected chi connectivity index (χ1v) is 6.58. The van der Waals surface area contributed by atoms with Crippen molar-refractivity contribution in [1.29, 1.82) is 0 Å². The fraction of sp³-hybridized carbons (Fsp3) is 0.538. The van der Waals surface area contributed by atoms with E-state index in [0.29, 0.717) is 6.04 Å². The van der Waals surface area contributed by atoms with Gasteiger partial charge in [0.15, 0.2) is 0 Å². The Morgan fingerprint density at radius 3 is 2.65 bits per heavy atom. The number of rotatable bonds is 1. The highest BCUT2D eigenvalue weighted by molar-refractivity contribution is 6.30. The molecule has 1 saturated carbocycles. The van der Waals surface area contributed by atoms with Gasteiger partial charge in [-0.3, -0.25) is 5.43 Å². The minimum absolute atomic E-state index is 0.188. The van der Waals surface area contributed by atoms with Crippen molar-refractivity contribution in [2.75, 3.05) is 0 Å². The van der Waals surface area contributed by atoms with Crippen LogP contribution in [0.4, 0.5) is 0 Å². The van der Waals surface area contributed by atoms with Crippen LogP contribution in [0, 0.1) is 5.92 Å². The highest BCUT2D eigenvalue weighted by Gasteiger charge is 2.42. The van der Waals surface area contributed by atoms with Crippen molar-refractivity contribution in [1.82, 2.24) is 10.9 Å². The zero-order valence-electron chi connectivity index (χ0n) is 9.57. The van der Waals surface area contributed by atoms with Gasteiger partial charge in [0, 0.05) is 17.0 Å². The van der Waals surface area contributed by atoms with Gasteiger partial charge in [-0.1, -0.05) is 23.7 Å². The van der Waals surface area contributed by atoms with Crippen LogP contribution in [0.1, 0.15) is 30.9 Å². The second-order valence-corrected chi connectivity index (χ2v) is 5.44. The van der Waals surface area contributed by atoms with Crippen LogP contribution in [0.25, 0.3) is 0 Å². The van der Waals surface area contributed by atoms with Gasteiger partial charge in [0.1, 0.15) is 0 Å². The molecule has 4 unspecified atom stereocenters. The van der Waals surface area contributed by atoms with Gasteiger partial charge < -0.3 is 5.11 Å². The Hall–Kier alpha value is -0.610. The molecule has 1 aromatic rings. The second-order valence-electron chi connectivity index (χ2n) is 5.00. The van der Waals surface area contributed by atoms with Crippen molar-refractivity contribution in [3.8, 4) is 0 Å². The number of hydrogen-bond donors (Lipinski definition) is 3. The van der Waals surface area contributed by atoms with E-state index in [1.165, 1.54) is 5.56 Å². The Morgan fingerprint density at radius 2 is 1.88 bits per heavy atom. The smallest absolute Gasteiger partial charge is 0.0602 e. The average Bonchev–Trinajstić information content (AvgIpc) is 2.75. The molecule has 4 heteroatoms. The van der Waals surface area contributed by atoms with Gasteiger partial charge in [0.25, 0.3) is 0 Å². The molecule has 1 aliphatic heterocycles. The van der Waals surface area contributed by atoms with Gasteiger partial charge in [-0.15, -0.1) is 0 Å². The molecule has 1 aliphatic carbocycles. The van der Waals surface area contributed by atoms with E-state index in [4.69, 9.17) is 11.6 Å². The zero-order valence-corrected chi connectivity index (χ0v) is 10.3. The number of aliphatic hydroxyl groups excluding tert-OH is 1. The predicted octanol–water partition coefficient (Wildman–Crippen LogP) is 2.02. The van der Waals surface area contributed by atoms with E-state index in [-0.39, 0.29) is 18.1 Å². The van der Waals surface area contributed by atoms with Gasteiger partial charge in [0.05, 0.1) is 12.1 Å². The van der Waals surface area contributed by atoms with E-state index in [1.54, 1.807) is 0 Å². The molecule has 4 atom stereocenters. The molecular formula is C13H17ClN2O. The number of fused-ring (bicyclic) bond motifs is 1. The molecule has 2 fully saturated rings. The standard InChI is InChI=1S/C13H17ClN2O/c14-9-6-4-8(5-7-9)13-12-10(15-16-13)2-1-3-11(12)17/h4-7,10-13,15-17H,1-3H2. The summed E-state index contributed by atoms with van der Waals surface area (Å²) < 4.78 is 0. The zero-order chi connectivity index (χ0) is 11.8. The monoisotopic (exact) mass is 252 g/mol. The van der Waals surface area contributed by atoms with Crippen molar-refractivity contribution >= 4 is 11.6 Å². The third-order valence-electron chi connectivity index (χ3n) is 3.96. The van der Waals surface area contributed by atoms with Gasteiger partial charge in [-0.2, -0.15) is 0 Å². The molecule has 17 heavy (non-hydrogen) atoms. The van der Waals surface area contributed by atoms with Gasteiger partial charge in [-0.05, 0) is 37.0 Å². The number of nitrogens with one attached hydrogen (secondary N) is 2. The Morgan fingerprint density at radius 1 is 1.12 bits per heavy atom. The predicted molar refractivity (Wildman–Crippen MR) is 67.6 cm³/mol. The lowest BCUT2D eigenvalue weighted by Crippen LogP contribution is -2.39.